The molecule has 2 rings (SSSR count). The molecule has 2 atom stereocenters. The summed E-state index contributed by atoms with van der Waals surface area (Å²) in [6.45, 7) is 13.7. The third-order valence-electron chi connectivity index (χ3n) is 7.12. The van der Waals surface area contributed by atoms with Gasteiger partial charge < -0.3 is 20.3 Å². The van der Waals surface area contributed by atoms with E-state index >= 15 is 0 Å². The Balaban J connectivity index is 2.38. The molecule has 7 nitrogen and oxygen atoms in total. The standard InChI is InChI=1S/C31H51N3O4/c1-8-9-10-11-15-20-34(29(36)24(4)32-30(37)38-31(5,6)7)27(26-19-18-22(2)21-23(26)3)28(35)33-25-16-13-12-14-17-25/h18-19,21,24-25,27H,8-17,20H2,1-7H3,(H,32,37)(H,33,35). The lowest BCUT2D eigenvalue weighted by Crippen LogP contribution is -2.53. The minimum atomic E-state index is -0.837. The first kappa shape index (κ1) is 31.6. The van der Waals surface area contributed by atoms with Gasteiger partial charge in [0.25, 0.3) is 0 Å². The van der Waals surface area contributed by atoms with E-state index in [0.717, 1.165) is 74.5 Å². The molecule has 38 heavy (non-hydrogen) atoms. The van der Waals surface area contributed by atoms with Crippen LogP contribution in [0.25, 0.3) is 0 Å². The van der Waals surface area contributed by atoms with Crippen LogP contribution < -0.4 is 10.6 Å². The van der Waals surface area contributed by atoms with E-state index in [1.165, 1.54) is 6.42 Å². The number of amides is 3. The molecule has 1 aromatic rings. The lowest BCUT2D eigenvalue weighted by atomic mass is 9.93. The number of benzene rings is 1. The van der Waals surface area contributed by atoms with Gasteiger partial charge in [0.15, 0.2) is 0 Å². The molecular formula is C31H51N3O4. The zero-order valence-electron chi connectivity index (χ0n) is 24.8. The quantitative estimate of drug-likeness (QED) is 0.302. The minimum absolute atomic E-state index is 0.128. The number of aryl methyl sites for hydroxylation is 2. The van der Waals surface area contributed by atoms with Gasteiger partial charge in [0.1, 0.15) is 17.7 Å². The molecule has 1 saturated carbocycles. The largest absolute Gasteiger partial charge is 0.444 e. The van der Waals surface area contributed by atoms with Crippen LogP contribution >= 0.6 is 0 Å². The molecule has 3 amide bonds. The summed E-state index contributed by atoms with van der Waals surface area (Å²) < 4.78 is 5.39. The summed E-state index contributed by atoms with van der Waals surface area (Å²) in [5, 5.41) is 5.96. The molecule has 1 fully saturated rings. The topological polar surface area (TPSA) is 87.7 Å². The smallest absolute Gasteiger partial charge is 0.408 e. The van der Waals surface area contributed by atoms with Gasteiger partial charge in [-0.05, 0) is 71.9 Å². The van der Waals surface area contributed by atoms with E-state index in [1.807, 2.05) is 26.0 Å². The Hall–Kier alpha value is -2.57. The van der Waals surface area contributed by atoms with Crippen LogP contribution in [0.4, 0.5) is 4.79 Å². The first-order valence-electron chi connectivity index (χ1n) is 14.6. The highest BCUT2D eigenvalue weighted by molar-refractivity contribution is 5.92. The van der Waals surface area contributed by atoms with E-state index in [1.54, 1.807) is 32.6 Å². The number of ether oxygens (including phenoxy) is 1. The first-order valence-corrected chi connectivity index (χ1v) is 14.6. The number of nitrogens with zero attached hydrogens (tertiary/aromatic N) is 1. The fourth-order valence-electron chi connectivity index (χ4n) is 5.16. The molecule has 0 radical (unpaired) electrons. The monoisotopic (exact) mass is 529 g/mol. The number of hydrogen-bond donors (Lipinski definition) is 2. The second-order valence-electron chi connectivity index (χ2n) is 11.9. The lowest BCUT2D eigenvalue weighted by molar-refractivity contribution is -0.142. The summed E-state index contributed by atoms with van der Waals surface area (Å²) in [6, 6.07) is 4.55. The predicted molar refractivity (Wildman–Crippen MR) is 153 cm³/mol. The fourth-order valence-corrected chi connectivity index (χ4v) is 5.16. The van der Waals surface area contributed by atoms with Gasteiger partial charge in [-0.1, -0.05) is 75.6 Å². The summed E-state index contributed by atoms with van der Waals surface area (Å²) in [6.07, 6.45) is 9.85. The van der Waals surface area contributed by atoms with Crippen molar-refractivity contribution in [2.24, 2.45) is 0 Å². The van der Waals surface area contributed by atoms with Gasteiger partial charge >= 0.3 is 6.09 Å². The second kappa shape index (κ2) is 15.1. The van der Waals surface area contributed by atoms with Crippen LogP contribution in [0.1, 0.15) is 122 Å². The van der Waals surface area contributed by atoms with Crippen LogP contribution in [0.15, 0.2) is 18.2 Å². The summed E-state index contributed by atoms with van der Waals surface area (Å²) in [5.74, 6) is -0.426. The maximum absolute atomic E-state index is 13.9. The van der Waals surface area contributed by atoms with Gasteiger partial charge in [0.2, 0.25) is 11.8 Å². The van der Waals surface area contributed by atoms with Crippen molar-refractivity contribution in [3.8, 4) is 0 Å². The molecule has 0 aliphatic heterocycles. The van der Waals surface area contributed by atoms with E-state index in [9.17, 15) is 14.4 Å². The van der Waals surface area contributed by atoms with Gasteiger partial charge in [-0.15, -0.1) is 0 Å². The summed E-state index contributed by atoms with van der Waals surface area (Å²) in [4.78, 5) is 42.0. The molecular weight excluding hydrogens is 478 g/mol. The average Bonchev–Trinajstić information content (AvgIpc) is 2.83. The Kier molecular flexibility index (Phi) is 12.6. The molecule has 0 bridgehead atoms. The Morgan fingerprint density at radius 3 is 2.29 bits per heavy atom. The first-order chi connectivity index (χ1) is 17.9. The van der Waals surface area contributed by atoms with Gasteiger partial charge in [-0.3, -0.25) is 9.59 Å². The fraction of sp³-hybridized carbons (Fsp3) is 0.710. The normalized spacial score (nSPS) is 15.9. The Morgan fingerprint density at radius 1 is 1.03 bits per heavy atom. The van der Waals surface area contributed by atoms with Crippen molar-refractivity contribution in [1.29, 1.82) is 0 Å². The van der Waals surface area contributed by atoms with E-state index in [0.29, 0.717) is 6.54 Å². The van der Waals surface area contributed by atoms with Crippen molar-refractivity contribution in [2.45, 2.75) is 136 Å². The number of unbranched alkanes of at least 4 members (excludes halogenated alkanes) is 4. The molecule has 0 aromatic heterocycles. The number of carbonyl (C=O) groups excluding carboxylic acids is 3. The van der Waals surface area contributed by atoms with Gasteiger partial charge in [-0.2, -0.15) is 0 Å². The van der Waals surface area contributed by atoms with Crippen molar-refractivity contribution in [3.63, 3.8) is 0 Å². The molecule has 7 heteroatoms. The molecule has 214 valence electrons. The molecule has 1 aliphatic rings. The number of carbonyl (C=O) groups is 3. The van der Waals surface area contributed by atoms with Crippen LogP contribution in [-0.4, -0.2) is 47.0 Å². The Labute approximate surface area is 230 Å². The number of hydrogen-bond acceptors (Lipinski definition) is 4. The predicted octanol–water partition coefficient (Wildman–Crippen LogP) is 6.51. The SMILES string of the molecule is CCCCCCCN(C(=O)C(C)NC(=O)OC(C)(C)C)C(C(=O)NC1CCCCC1)c1ccc(C)cc1C. The summed E-state index contributed by atoms with van der Waals surface area (Å²) in [5.41, 5.74) is 2.24. The Morgan fingerprint density at radius 2 is 1.68 bits per heavy atom. The van der Waals surface area contributed by atoms with Gasteiger partial charge in [0, 0.05) is 12.6 Å². The summed E-state index contributed by atoms with van der Waals surface area (Å²) in [7, 11) is 0. The molecule has 1 aromatic carbocycles. The zero-order chi connectivity index (χ0) is 28.3. The van der Waals surface area contributed by atoms with E-state index < -0.39 is 23.8 Å². The Bertz CT molecular complexity index is 918. The third kappa shape index (κ3) is 10.3. The van der Waals surface area contributed by atoms with Crippen molar-refractivity contribution < 1.29 is 19.1 Å². The molecule has 0 spiro atoms. The van der Waals surface area contributed by atoms with Crippen LogP contribution in [0, 0.1) is 13.8 Å². The van der Waals surface area contributed by atoms with Crippen LogP contribution in [-0.2, 0) is 14.3 Å². The van der Waals surface area contributed by atoms with Crippen molar-refractivity contribution in [1.82, 2.24) is 15.5 Å². The minimum Gasteiger partial charge on any atom is -0.444 e. The highest BCUT2D eigenvalue weighted by atomic mass is 16.6. The highest BCUT2D eigenvalue weighted by Gasteiger charge is 2.36. The molecule has 0 heterocycles. The molecule has 0 saturated heterocycles. The van der Waals surface area contributed by atoms with E-state index in [4.69, 9.17) is 4.74 Å². The van der Waals surface area contributed by atoms with Gasteiger partial charge in [0.05, 0.1) is 0 Å². The maximum atomic E-state index is 13.9. The number of alkyl carbamates (subject to hydrolysis) is 1. The average molecular weight is 530 g/mol. The van der Waals surface area contributed by atoms with Crippen LogP contribution in [0.5, 0.6) is 0 Å². The zero-order valence-corrected chi connectivity index (χ0v) is 24.8. The van der Waals surface area contributed by atoms with Crippen LogP contribution in [0.3, 0.4) is 0 Å². The third-order valence-corrected chi connectivity index (χ3v) is 7.12. The highest BCUT2D eigenvalue weighted by Crippen LogP contribution is 2.28. The molecule has 2 N–H and O–H groups in total. The van der Waals surface area contributed by atoms with Crippen LogP contribution in [0.2, 0.25) is 0 Å². The molecule has 1 aliphatic carbocycles. The summed E-state index contributed by atoms with van der Waals surface area (Å²) >= 11 is 0. The molecule has 2 unspecified atom stereocenters. The van der Waals surface area contributed by atoms with Crippen molar-refractivity contribution in [3.05, 3.63) is 34.9 Å². The lowest BCUT2D eigenvalue weighted by Gasteiger charge is -2.36. The number of rotatable bonds is 12. The van der Waals surface area contributed by atoms with Crippen molar-refractivity contribution >= 4 is 17.9 Å². The van der Waals surface area contributed by atoms with E-state index in [2.05, 4.69) is 23.6 Å². The van der Waals surface area contributed by atoms with Gasteiger partial charge in [-0.25, -0.2) is 4.79 Å². The second-order valence-corrected chi connectivity index (χ2v) is 11.9. The van der Waals surface area contributed by atoms with E-state index in [-0.39, 0.29) is 17.9 Å². The van der Waals surface area contributed by atoms with Crippen molar-refractivity contribution in [2.75, 3.05) is 6.54 Å². The number of nitrogens with one attached hydrogen (secondary N) is 2. The maximum Gasteiger partial charge on any atom is 0.408 e.